The molecule has 0 aliphatic rings. The zero-order valence-corrected chi connectivity index (χ0v) is 7.82. The third-order valence-corrected chi connectivity index (χ3v) is 2.84. The summed E-state index contributed by atoms with van der Waals surface area (Å²) in [5, 5.41) is 2.10. The van der Waals surface area contributed by atoms with Gasteiger partial charge in [-0.05, 0) is 29.5 Å². The van der Waals surface area contributed by atoms with Crippen LogP contribution in [0.4, 0.5) is 0 Å². The van der Waals surface area contributed by atoms with Crippen LogP contribution in [-0.4, -0.2) is 4.98 Å². The molecule has 0 spiro atoms. The summed E-state index contributed by atoms with van der Waals surface area (Å²) in [6.45, 7) is 2.17. The first-order chi connectivity index (χ1) is 5.90. The second-order valence-electron chi connectivity index (χ2n) is 2.75. The quantitative estimate of drug-likeness (QED) is 0.724. The summed E-state index contributed by atoms with van der Waals surface area (Å²) in [7, 11) is 0. The number of aromatic nitrogens is 1. The molecule has 2 heteroatoms. The molecule has 0 saturated heterocycles. The minimum atomic E-state index is 1.10. The molecule has 2 heterocycles. The largest absolute Gasteiger partial charge is 0.360 e. The van der Waals surface area contributed by atoms with Crippen LogP contribution in [0, 0.1) is 0 Å². The number of thiophene rings is 1. The highest BCUT2D eigenvalue weighted by atomic mass is 32.1. The van der Waals surface area contributed by atoms with Crippen molar-refractivity contribution in [3.05, 3.63) is 35.3 Å². The predicted octanol–water partition coefficient (Wildman–Crippen LogP) is 3.31. The molecule has 0 aliphatic carbocycles. The van der Waals surface area contributed by atoms with E-state index < -0.39 is 0 Å². The van der Waals surface area contributed by atoms with Crippen LogP contribution in [0.1, 0.15) is 12.5 Å². The average molecular weight is 177 g/mol. The first-order valence-electron chi connectivity index (χ1n) is 4.11. The summed E-state index contributed by atoms with van der Waals surface area (Å²) >= 11 is 1.77. The molecule has 0 saturated carbocycles. The third kappa shape index (κ3) is 1.30. The van der Waals surface area contributed by atoms with Gasteiger partial charge in [0.25, 0.3) is 0 Å². The van der Waals surface area contributed by atoms with Crippen LogP contribution in [0.3, 0.4) is 0 Å². The monoisotopic (exact) mass is 177 g/mol. The van der Waals surface area contributed by atoms with E-state index in [1.54, 1.807) is 11.3 Å². The van der Waals surface area contributed by atoms with Crippen LogP contribution < -0.4 is 0 Å². The fraction of sp³-hybridized carbons (Fsp3) is 0.200. The molecule has 0 amide bonds. The highest BCUT2D eigenvalue weighted by molar-refractivity contribution is 7.13. The standard InChI is InChI=1S/C10H11NS/c1-2-8-6-9(11-7-8)10-4-3-5-12-10/h3-7,11H,2H2,1H3. The van der Waals surface area contributed by atoms with Gasteiger partial charge in [0.05, 0.1) is 10.6 Å². The Morgan fingerprint density at radius 3 is 3.00 bits per heavy atom. The second-order valence-corrected chi connectivity index (χ2v) is 3.70. The van der Waals surface area contributed by atoms with Crippen molar-refractivity contribution >= 4 is 11.3 Å². The van der Waals surface area contributed by atoms with Crippen molar-refractivity contribution in [1.82, 2.24) is 4.98 Å². The fourth-order valence-electron chi connectivity index (χ4n) is 1.22. The van der Waals surface area contributed by atoms with Crippen LogP contribution >= 0.6 is 11.3 Å². The van der Waals surface area contributed by atoms with Gasteiger partial charge in [-0.3, -0.25) is 0 Å². The van der Waals surface area contributed by atoms with Crippen molar-refractivity contribution in [3.63, 3.8) is 0 Å². The Balaban J connectivity index is 2.35. The summed E-state index contributed by atoms with van der Waals surface area (Å²) in [4.78, 5) is 4.58. The zero-order chi connectivity index (χ0) is 8.39. The van der Waals surface area contributed by atoms with Crippen LogP contribution in [-0.2, 0) is 6.42 Å². The molecule has 0 unspecified atom stereocenters. The molecule has 1 nitrogen and oxygen atoms in total. The molecule has 1 N–H and O–H groups in total. The number of nitrogens with one attached hydrogen (secondary N) is 1. The Morgan fingerprint density at radius 2 is 2.42 bits per heavy atom. The first-order valence-corrected chi connectivity index (χ1v) is 4.99. The Kier molecular flexibility index (Phi) is 2.00. The number of hydrogen-bond acceptors (Lipinski definition) is 1. The molecule has 0 fully saturated rings. The van der Waals surface area contributed by atoms with Crippen LogP contribution in [0.25, 0.3) is 10.6 Å². The van der Waals surface area contributed by atoms with Gasteiger partial charge in [0.15, 0.2) is 0 Å². The zero-order valence-electron chi connectivity index (χ0n) is 7.00. The lowest BCUT2D eigenvalue weighted by Gasteiger charge is -1.88. The van der Waals surface area contributed by atoms with E-state index in [0.29, 0.717) is 0 Å². The second kappa shape index (κ2) is 3.15. The van der Waals surface area contributed by atoms with Gasteiger partial charge < -0.3 is 4.98 Å². The molecule has 62 valence electrons. The normalized spacial score (nSPS) is 10.4. The van der Waals surface area contributed by atoms with Crippen LogP contribution in [0.15, 0.2) is 29.8 Å². The maximum absolute atomic E-state index is 3.27. The summed E-state index contributed by atoms with van der Waals surface area (Å²) in [5.41, 5.74) is 2.61. The van der Waals surface area contributed by atoms with E-state index in [2.05, 4.69) is 41.7 Å². The SMILES string of the molecule is CCc1c[nH]c(-c2cccs2)c1. The van der Waals surface area contributed by atoms with Crippen LogP contribution in [0.2, 0.25) is 0 Å². The Morgan fingerprint density at radius 1 is 1.50 bits per heavy atom. The Labute approximate surface area is 76.1 Å². The maximum atomic E-state index is 3.27. The summed E-state index contributed by atoms with van der Waals surface area (Å²) in [6, 6.07) is 6.42. The number of H-pyrrole nitrogens is 1. The molecule has 0 radical (unpaired) electrons. The first kappa shape index (κ1) is 7.62. The molecule has 2 rings (SSSR count). The minimum absolute atomic E-state index is 1.10. The number of aryl methyl sites for hydroxylation is 1. The molecule has 0 aliphatic heterocycles. The van der Waals surface area contributed by atoms with E-state index in [1.807, 2.05) is 0 Å². The fourth-order valence-corrected chi connectivity index (χ4v) is 1.92. The molecule has 0 atom stereocenters. The van der Waals surface area contributed by atoms with Gasteiger partial charge in [-0.25, -0.2) is 0 Å². The molecular weight excluding hydrogens is 166 g/mol. The molecule has 2 aromatic rings. The van der Waals surface area contributed by atoms with E-state index >= 15 is 0 Å². The topological polar surface area (TPSA) is 15.8 Å². The summed E-state index contributed by atoms with van der Waals surface area (Å²) < 4.78 is 0. The predicted molar refractivity (Wildman–Crippen MR) is 53.5 cm³/mol. The average Bonchev–Trinajstić information content (AvgIpc) is 2.75. The summed E-state index contributed by atoms with van der Waals surface area (Å²) in [6.07, 6.45) is 3.18. The van der Waals surface area contributed by atoms with Crippen molar-refractivity contribution in [2.45, 2.75) is 13.3 Å². The van der Waals surface area contributed by atoms with Crippen molar-refractivity contribution in [1.29, 1.82) is 0 Å². The highest BCUT2D eigenvalue weighted by Gasteiger charge is 2.00. The van der Waals surface area contributed by atoms with Gasteiger partial charge >= 0.3 is 0 Å². The minimum Gasteiger partial charge on any atom is -0.360 e. The number of rotatable bonds is 2. The molecule has 0 bridgehead atoms. The molecular formula is C10H11NS. The lowest BCUT2D eigenvalue weighted by Crippen LogP contribution is -1.68. The van der Waals surface area contributed by atoms with Gasteiger partial charge in [-0.2, -0.15) is 0 Å². The number of aromatic amines is 1. The third-order valence-electron chi connectivity index (χ3n) is 1.94. The molecule has 0 aromatic carbocycles. The van der Waals surface area contributed by atoms with Crippen LogP contribution in [0.5, 0.6) is 0 Å². The van der Waals surface area contributed by atoms with Gasteiger partial charge in [-0.1, -0.05) is 13.0 Å². The van der Waals surface area contributed by atoms with Crippen molar-refractivity contribution in [3.8, 4) is 10.6 Å². The van der Waals surface area contributed by atoms with Gasteiger partial charge in [0.2, 0.25) is 0 Å². The van der Waals surface area contributed by atoms with E-state index in [9.17, 15) is 0 Å². The van der Waals surface area contributed by atoms with E-state index in [-0.39, 0.29) is 0 Å². The lowest BCUT2D eigenvalue weighted by atomic mass is 10.2. The van der Waals surface area contributed by atoms with Gasteiger partial charge in [0, 0.05) is 6.20 Å². The van der Waals surface area contributed by atoms with E-state index in [0.717, 1.165) is 6.42 Å². The van der Waals surface area contributed by atoms with E-state index in [4.69, 9.17) is 0 Å². The Hall–Kier alpha value is -1.02. The molecule has 12 heavy (non-hydrogen) atoms. The smallest absolute Gasteiger partial charge is 0.0558 e. The Bertz CT molecular complexity index is 346. The van der Waals surface area contributed by atoms with Gasteiger partial charge in [-0.15, -0.1) is 11.3 Å². The highest BCUT2D eigenvalue weighted by Crippen LogP contribution is 2.23. The maximum Gasteiger partial charge on any atom is 0.0558 e. The van der Waals surface area contributed by atoms with Crippen molar-refractivity contribution < 1.29 is 0 Å². The molecule has 2 aromatic heterocycles. The number of hydrogen-bond donors (Lipinski definition) is 1. The lowest BCUT2D eigenvalue weighted by molar-refractivity contribution is 1.14. The van der Waals surface area contributed by atoms with Gasteiger partial charge in [0.1, 0.15) is 0 Å². The van der Waals surface area contributed by atoms with E-state index in [1.165, 1.54) is 16.1 Å². The van der Waals surface area contributed by atoms with Crippen molar-refractivity contribution in [2.24, 2.45) is 0 Å². The summed E-state index contributed by atoms with van der Waals surface area (Å²) in [5.74, 6) is 0. The van der Waals surface area contributed by atoms with Crippen molar-refractivity contribution in [2.75, 3.05) is 0 Å².